The SMILES string of the molecule is CCOP(=O)([O-])OC(c1ccccc1)c1ccccc1. The first-order valence-electron chi connectivity index (χ1n) is 6.36. The Morgan fingerprint density at radius 2 is 1.45 bits per heavy atom. The van der Waals surface area contributed by atoms with Crippen LogP contribution in [-0.2, 0) is 13.6 Å². The quantitative estimate of drug-likeness (QED) is 0.766. The van der Waals surface area contributed by atoms with Gasteiger partial charge in [0.2, 0.25) is 0 Å². The number of hydrogen-bond acceptors (Lipinski definition) is 4. The van der Waals surface area contributed by atoms with Gasteiger partial charge in [-0.15, -0.1) is 0 Å². The van der Waals surface area contributed by atoms with Gasteiger partial charge in [0.15, 0.2) is 0 Å². The summed E-state index contributed by atoms with van der Waals surface area (Å²) in [5, 5.41) is 0. The fraction of sp³-hybridized carbons (Fsp3) is 0.200. The maximum Gasteiger partial charge on any atom is 0.268 e. The molecule has 1 unspecified atom stereocenters. The molecule has 0 fully saturated rings. The van der Waals surface area contributed by atoms with E-state index in [1.807, 2.05) is 60.7 Å². The van der Waals surface area contributed by atoms with Gasteiger partial charge in [0.25, 0.3) is 7.82 Å². The molecule has 0 N–H and O–H groups in total. The standard InChI is InChI=1S/C15H17O4P/c1-2-18-20(16,17)19-15(13-9-5-3-6-10-13)14-11-7-4-8-12-14/h3-12,15H,2H2,1H3,(H,16,17)/p-1. The van der Waals surface area contributed by atoms with Gasteiger partial charge in [0.1, 0.15) is 6.10 Å². The topological polar surface area (TPSA) is 58.6 Å². The summed E-state index contributed by atoms with van der Waals surface area (Å²) in [5.41, 5.74) is 1.52. The van der Waals surface area contributed by atoms with Crippen molar-refractivity contribution >= 4 is 7.82 Å². The van der Waals surface area contributed by atoms with Crippen molar-refractivity contribution in [2.24, 2.45) is 0 Å². The van der Waals surface area contributed by atoms with Crippen LogP contribution < -0.4 is 4.89 Å². The second-order valence-corrected chi connectivity index (χ2v) is 5.54. The third-order valence-corrected chi connectivity index (χ3v) is 3.77. The number of benzene rings is 2. The van der Waals surface area contributed by atoms with Crippen LogP contribution in [0.25, 0.3) is 0 Å². The van der Waals surface area contributed by atoms with Gasteiger partial charge in [-0.2, -0.15) is 0 Å². The predicted molar refractivity (Wildman–Crippen MR) is 75.0 cm³/mol. The van der Waals surface area contributed by atoms with Gasteiger partial charge in [-0.3, -0.25) is 4.57 Å². The Labute approximate surface area is 118 Å². The smallest absolute Gasteiger partial charge is 0.268 e. The van der Waals surface area contributed by atoms with E-state index < -0.39 is 13.9 Å². The van der Waals surface area contributed by atoms with E-state index in [-0.39, 0.29) is 6.61 Å². The van der Waals surface area contributed by atoms with E-state index >= 15 is 0 Å². The normalized spacial score (nSPS) is 14.2. The Hall–Kier alpha value is -1.45. The number of phosphoric ester groups is 1. The summed E-state index contributed by atoms with van der Waals surface area (Å²) in [6, 6.07) is 18.4. The first kappa shape index (κ1) is 14.9. The van der Waals surface area contributed by atoms with Gasteiger partial charge in [-0.25, -0.2) is 0 Å². The zero-order valence-electron chi connectivity index (χ0n) is 11.1. The molecule has 2 aromatic rings. The van der Waals surface area contributed by atoms with Crippen molar-refractivity contribution in [3.05, 3.63) is 71.8 Å². The first-order valence-corrected chi connectivity index (χ1v) is 7.82. The van der Waals surface area contributed by atoms with Crippen LogP contribution in [0, 0.1) is 0 Å². The average Bonchev–Trinajstić information content (AvgIpc) is 2.47. The number of phosphoric acid groups is 1. The molecular weight excluding hydrogens is 275 g/mol. The van der Waals surface area contributed by atoms with Crippen molar-refractivity contribution in [3.63, 3.8) is 0 Å². The van der Waals surface area contributed by atoms with E-state index in [9.17, 15) is 9.46 Å². The van der Waals surface area contributed by atoms with E-state index in [1.165, 1.54) is 0 Å². The lowest BCUT2D eigenvalue weighted by Crippen LogP contribution is -2.13. The summed E-state index contributed by atoms with van der Waals surface area (Å²) in [5.74, 6) is 0. The average molecular weight is 291 g/mol. The largest absolute Gasteiger partial charge is 0.756 e. The van der Waals surface area contributed by atoms with Gasteiger partial charge >= 0.3 is 0 Å². The molecule has 0 spiro atoms. The Morgan fingerprint density at radius 1 is 1.00 bits per heavy atom. The number of rotatable bonds is 6. The maximum absolute atomic E-state index is 11.8. The van der Waals surface area contributed by atoms with Crippen LogP contribution in [-0.4, -0.2) is 6.61 Å². The van der Waals surface area contributed by atoms with Crippen LogP contribution in [0.3, 0.4) is 0 Å². The lowest BCUT2D eigenvalue weighted by Gasteiger charge is -2.28. The minimum Gasteiger partial charge on any atom is -0.756 e. The van der Waals surface area contributed by atoms with Crippen LogP contribution in [0.1, 0.15) is 24.2 Å². The minimum atomic E-state index is -4.33. The molecule has 0 aliphatic carbocycles. The molecule has 2 aromatic carbocycles. The highest BCUT2D eigenvalue weighted by molar-refractivity contribution is 7.45. The summed E-state index contributed by atoms with van der Waals surface area (Å²) in [6.45, 7) is 1.66. The van der Waals surface area contributed by atoms with E-state index in [0.29, 0.717) is 0 Å². The Kier molecular flexibility index (Phi) is 5.10. The molecule has 2 rings (SSSR count). The fourth-order valence-corrected chi connectivity index (χ4v) is 2.77. The summed E-state index contributed by atoms with van der Waals surface area (Å²) in [6.07, 6.45) is -0.702. The molecule has 0 bridgehead atoms. The third-order valence-electron chi connectivity index (χ3n) is 2.73. The van der Waals surface area contributed by atoms with Crippen molar-refractivity contribution in [1.82, 2.24) is 0 Å². The molecule has 0 amide bonds. The summed E-state index contributed by atoms with van der Waals surface area (Å²) < 4.78 is 21.7. The van der Waals surface area contributed by atoms with Crippen LogP contribution in [0.5, 0.6) is 0 Å². The Bertz CT molecular complexity index is 531. The predicted octanol–water partition coefficient (Wildman–Crippen LogP) is 3.30. The second kappa shape index (κ2) is 6.82. The molecule has 0 saturated carbocycles. The monoisotopic (exact) mass is 291 g/mol. The van der Waals surface area contributed by atoms with E-state index in [0.717, 1.165) is 11.1 Å². The third kappa shape index (κ3) is 4.02. The molecule has 5 heteroatoms. The molecule has 4 nitrogen and oxygen atoms in total. The molecule has 0 saturated heterocycles. The Balaban J connectivity index is 2.33. The highest BCUT2D eigenvalue weighted by Gasteiger charge is 2.21. The maximum atomic E-state index is 11.8. The number of hydrogen-bond donors (Lipinski definition) is 0. The van der Waals surface area contributed by atoms with Gasteiger partial charge in [-0.1, -0.05) is 60.7 Å². The van der Waals surface area contributed by atoms with Crippen molar-refractivity contribution in [1.29, 1.82) is 0 Å². The summed E-state index contributed by atoms with van der Waals surface area (Å²) >= 11 is 0. The van der Waals surface area contributed by atoms with Gasteiger partial charge < -0.3 is 13.9 Å². The second-order valence-electron chi connectivity index (χ2n) is 4.17. The van der Waals surface area contributed by atoms with E-state index in [4.69, 9.17) is 4.52 Å². The van der Waals surface area contributed by atoms with E-state index in [2.05, 4.69) is 4.52 Å². The van der Waals surface area contributed by atoms with Crippen LogP contribution in [0.2, 0.25) is 0 Å². The molecule has 0 aliphatic rings. The molecule has 0 radical (unpaired) electrons. The van der Waals surface area contributed by atoms with Crippen molar-refractivity contribution in [2.45, 2.75) is 13.0 Å². The van der Waals surface area contributed by atoms with Crippen molar-refractivity contribution < 1.29 is 18.5 Å². The molecule has 106 valence electrons. The lowest BCUT2D eigenvalue weighted by molar-refractivity contribution is -0.228. The summed E-state index contributed by atoms with van der Waals surface area (Å²) in [7, 11) is -4.33. The van der Waals surface area contributed by atoms with Gasteiger partial charge in [0, 0.05) is 0 Å². The highest BCUT2D eigenvalue weighted by atomic mass is 31.2. The molecule has 0 aromatic heterocycles. The molecule has 0 heterocycles. The lowest BCUT2D eigenvalue weighted by atomic mass is 10.0. The zero-order valence-corrected chi connectivity index (χ0v) is 12.0. The first-order chi connectivity index (χ1) is 9.62. The highest BCUT2D eigenvalue weighted by Crippen LogP contribution is 2.45. The van der Waals surface area contributed by atoms with Gasteiger partial charge in [0.05, 0.1) is 6.61 Å². The van der Waals surface area contributed by atoms with Gasteiger partial charge in [-0.05, 0) is 18.1 Å². The van der Waals surface area contributed by atoms with Crippen LogP contribution >= 0.6 is 7.82 Å². The molecular formula is C15H16O4P-. The van der Waals surface area contributed by atoms with Crippen LogP contribution in [0.15, 0.2) is 60.7 Å². The Morgan fingerprint density at radius 3 is 1.85 bits per heavy atom. The minimum absolute atomic E-state index is 0.0527. The fourth-order valence-electron chi connectivity index (χ4n) is 1.89. The molecule has 1 atom stereocenters. The van der Waals surface area contributed by atoms with Crippen molar-refractivity contribution in [3.8, 4) is 0 Å². The van der Waals surface area contributed by atoms with E-state index in [1.54, 1.807) is 6.92 Å². The molecule has 20 heavy (non-hydrogen) atoms. The zero-order chi connectivity index (χ0) is 14.4. The van der Waals surface area contributed by atoms with Crippen molar-refractivity contribution in [2.75, 3.05) is 6.61 Å². The molecule has 0 aliphatic heterocycles. The van der Waals surface area contributed by atoms with Crippen LogP contribution in [0.4, 0.5) is 0 Å². The summed E-state index contributed by atoms with van der Waals surface area (Å²) in [4.78, 5) is 11.8.